The molecule has 114 valence electrons. The van der Waals surface area contributed by atoms with Gasteiger partial charge in [-0.25, -0.2) is 0 Å². The quantitative estimate of drug-likeness (QED) is 0.921. The number of carboxylic acids is 1. The maximum Gasteiger partial charge on any atom is 0.311 e. The SMILES string of the molecule is CC1CCCC(CN2CCCc3ccccc32)(C(=O)O)C1. The Morgan fingerprint density at radius 3 is 2.95 bits per heavy atom. The molecular weight excluding hydrogens is 262 g/mol. The molecule has 0 amide bonds. The third-order valence-electron chi connectivity index (χ3n) is 5.25. The fraction of sp³-hybridized carbons (Fsp3) is 0.611. The van der Waals surface area contributed by atoms with Gasteiger partial charge in [-0.2, -0.15) is 0 Å². The van der Waals surface area contributed by atoms with E-state index in [9.17, 15) is 9.90 Å². The van der Waals surface area contributed by atoms with E-state index in [2.05, 4.69) is 36.1 Å². The number of carbonyl (C=O) groups is 1. The van der Waals surface area contributed by atoms with Gasteiger partial charge in [-0.3, -0.25) is 4.79 Å². The Morgan fingerprint density at radius 1 is 1.38 bits per heavy atom. The molecule has 0 radical (unpaired) electrons. The van der Waals surface area contributed by atoms with Gasteiger partial charge in [-0.15, -0.1) is 0 Å². The Morgan fingerprint density at radius 2 is 2.19 bits per heavy atom. The third kappa shape index (κ3) is 2.78. The topological polar surface area (TPSA) is 40.5 Å². The van der Waals surface area contributed by atoms with Crippen LogP contribution in [0.25, 0.3) is 0 Å². The molecule has 2 atom stereocenters. The number of para-hydroxylation sites is 1. The van der Waals surface area contributed by atoms with Crippen LogP contribution in [0.15, 0.2) is 24.3 Å². The lowest BCUT2D eigenvalue weighted by atomic mass is 9.69. The zero-order valence-electron chi connectivity index (χ0n) is 12.8. The minimum absolute atomic E-state index is 0.523. The van der Waals surface area contributed by atoms with Gasteiger partial charge >= 0.3 is 5.97 Å². The average Bonchev–Trinajstić information content (AvgIpc) is 2.47. The molecule has 0 saturated heterocycles. The highest BCUT2D eigenvalue weighted by molar-refractivity contribution is 5.76. The molecule has 21 heavy (non-hydrogen) atoms. The smallest absolute Gasteiger partial charge is 0.311 e. The molecule has 1 fully saturated rings. The minimum atomic E-state index is -0.600. The van der Waals surface area contributed by atoms with Gasteiger partial charge in [0.1, 0.15) is 0 Å². The van der Waals surface area contributed by atoms with E-state index in [1.807, 2.05) is 0 Å². The zero-order chi connectivity index (χ0) is 14.9. The number of aliphatic carboxylic acids is 1. The van der Waals surface area contributed by atoms with Crippen molar-refractivity contribution in [2.45, 2.75) is 45.4 Å². The summed E-state index contributed by atoms with van der Waals surface area (Å²) in [5.41, 5.74) is 2.07. The van der Waals surface area contributed by atoms with Gasteiger partial charge in [0.2, 0.25) is 0 Å². The summed E-state index contributed by atoms with van der Waals surface area (Å²) in [6.45, 7) is 3.85. The maximum absolute atomic E-state index is 12.0. The summed E-state index contributed by atoms with van der Waals surface area (Å²) in [5, 5.41) is 9.86. The third-order valence-corrected chi connectivity index (χ3v) is 5.25. The molecule has 0 bridgehead atoms. The normalized spacial score (nSPS) is 29.0. The molecule has 1 saturated carbocycles. The largest absolute Gasteiger partial charge is 0.481 e. The van der Waals surface area contributed by atoms with Crippen LogP contribution in [0.1, 0.15) is 44.6 Å². The van der Waals surface area contributed by atoms with Crippen molar-refractivity contribution in [3.63, 3.8) is 0 Å². The molecular formula is C18H25NO2. The minimum Gasteiger partial charge on any atom is -0.481 e. The van der Waals surface area contributed by atoms with Crippen LogP contribution in [0.5, 0.6) is 0 Å². The number of benzene rings is 1. The van der Waals surface area contributed by atoms with Crippen molar-refractivity contribution in [1.82, 2.24) is 0 Å². The molecule has 0 aromatic heterocycles. The highest BCUT2D eigenvalue weighted by Crippen LogP contribution is 2.42. The Labute approximate surface area is 127 Å². The summed E-state index contributed by atoms with van der Waals surface area (Å²) < 4.78 is 0. The van der Waals surface area contributed by atoms with Crippen LogP contribution in [0.4, 0.5) is 5.69 Å². The second-order valence-electron chi connectivity index (χ2n) is 6.94. The average molecular weight is 287 g/mol. The summed E-state index contributed by atoms with van der Waals surface area (Å²) >= 11 is 0. The van der Waals surface area contributed by atoms with Crippen LogP contribution < -0.4 is 4.90 Å². The molecule has 1 aliphatic heterocycles. The van der Waals surface area contributed by atoms with Crippen LogP contribution in [0.2, 0.25) is 0 Å². The molecule has 3 nitrogen and oxygen atoms in total. The number of hydrogen-bond acceptors (Lipinski definition) is 2. The lowest BCUT2D eigenvalue weighted by molar-refractivity contribution is -0.151. The van der Waals surface area contributed by atoms with E-state index in [0.29, 0.717) is 12.5 Å². The Hall–Kier alpha value is -1.51. The summed E-state index contributed by atoms with van der Waals surface area (Å²) in [5.74, 6) is -0.0769. The van der Waals surface area contributed by atoms with Crippen LogP contribution in [0, 0.1) is 11.3 Å². The van der Waals surface area contributed by atoms with Gasteiger partial charge in [0.15, 0.2) is 0 Å². The van der Waals surface area contributed by atoms with Gasteiger partial charge in [-0.05, 0) is 43.2 Å². The molecule has 0 spiro atoms. The van der Waals surface area contributed by atoms with E-state index in [4.69, 9.17) is 0 Å². The number of aryl methyl sites for hydroxylation is 1. The molecule has 3 heteroatoms. The number of anilines is 1. The molecule has 1 N–H and O–H groups in total. The number of rotatable bonds is 3. The molecule has 3 rings (SSSR count). The van der Waals surface area contributed by atoms with Crippen molar-refractivity contribution in [2.75, 3.05) is 18.0 Å². The van der Waals surface area contributed by atoms with E-state index in [1.165, 1.54) is 17.7 Å². The summed E-state index contributed by atoms with van der Waals surface area (Å²) in [4.78, 5) is 14.3. The number of hydrogen-bond donors (Lipinski definition) is 1. The van der Waals surface area contributed by atoms with Crippen LogP contribution in [-0.2, 0) is 11.2 Å². The van der Waals surface area contributed by atoms with Crippen LogP contribution in [0.3, 0.4) is 0 Å². The van der Waals surface area contributed by atoms with E-state index in [0.717, 1.165) is 38.6 Å². The van der Waals surface area contributed by atoms with E-state index >= 15 is 0 Å². The monoisotopic (exact) mass is 287 g/mol. The lowest BCUT2D eigenvalue weighted by Gasteiger charge is -2.42. The van der Waals surface area contributed by atoms with Crippen molar-refractivity contribution in [3.05, 3.63) is 29.8 Å². The fourth-order valence-corrected chi connectivity index (χ4v) is 4.21. The van der Waals surface area contributed by atoms with Crippen molar-refractivity contribution in [3.8, 4) is 0 Å². The summed E-state index contributed by atoms with van der Waals surface area (Å²) in [7, 11) is 0. The summed E-state index contributed by atoms with van der Waals surface area (Å²) in [6, 6.07) is 8.47. The predicted molar refractivity (Wildman–Crippen MR) is 84.7 cm³/mol. The van der Waals surface area contributed by atoms with Gasteiger partial charge in [-0.1, -0.05) is 38.0 Å². The van der Waals surface area contributed by atoms with Gasteiger partial charge in [0.05, 0.1) is 5.41 Å². The lowest BCUT2D eigenvalue weighted by Crippen LogP contribution is -2.47. The number of carboxylic acid groups (broad SMARTS) is 1. The van der Waals surface area contributed by atoms with Crippen LogP contribution >= 0.6 is 0 Å². The van der Waals surface area contributed by atoms with Crippen molar-refractivity contribution in [1.29, 1.82) is 0 Å². The molecule has 2 unspecified atom stereocenters. The molecule has 1 heterocycles. The Balaban J connectivity index is 1.86. The predicted octanol–water partition coefficient (Wildman–Crippen LogP) is 3.72. The maximum atomic E-state index is 12.0. The second-order valence-corrected chi connectivity index (χ2v) is 6.94. The zero-order valence-corrected chi connectivity index (χ0v) is 12.8. The highest BCUT2D eigenvalue weighted by atomic mass is 16.4. The first-order chi connectivity index (χ1) is 10.1. The fourth-order valence-electron chi connectivity index (χ4n) is 4.21. The first-order valence-corrected chi connectivity index (χ1v) is 8.17. The molecule has 2 aliphatic rings. The van der Waals surface area contributed by atoms with E-state index in [-0.39, 0.29) is 0 Å². The van der Waals surface area contributed by atoms with Gasteiger partial charge in [0.25, 0.3) is 0 Å². The van der Waals surface area contributed by atoms with Gasteiger partial charge in [0, 0.05) is 18.8 Å². The first kappa shape index (κ1) is 14.4. The second kappa shape index (κ2) is 5.70. The molecule has 1 aliphatic carbocycles. The Bertz CT molecular complexity index is 528. The number of nitrogens with zero attached hydrogens (tertiary/aromatic N) is 1. The van der Waals surface area contributed by atoms with Crippen molar-refractivity contribution >= 4 is 11.7 Å². The van der Waals surface area contributed by atoms with Crippen molar-refractivity contribution in [2.24, 2.45) is 11.3 Å². The Kier molecular flexibility index (Phi) is 3.92. The standard InChI is InChI=1S/C18H25NO2/c1-14-6-4-10-18(12-14,17(20)21)13-19-11-5-8-15-7-2-3-9-16(15)19/h2-3,7,9,14H,4-6,8,10-13H2,1H3,(H,20,21). The molecule has 1 aromatic carbocycles. The van der Waals surface area contributed by atoms with E-state index in [1.54, 1.807) is 0 Å². The highest BCUT2D eigenvalue weighted by Gasteiger charge is 2.43. The number of fused-ring (bicyclic) bond motifs is 1. The summed E-state index contributed by atoms with van der Waals surface area (Å²) in [6.07, 6.45) is 6.10. The van der Waals surface area contributed by atoms with Crippen LogP contribution in [-0.4, -0.2) is 24.2 Å². The molecule has 1 aromatic rings. The van der Waals surface area contributed by atoms with E-state index < -0.39 is 11.4 Å². The van der Waals surface area contributed by atoms with Gasteiger partial charge < -0.3 is 10.0 Å². The van der Waals surface area contributed by atoms with Crippen molar-refractivity contribution < 1.29 is 9.90 Å². The first-order valence-electron chi connectivity index (χ1n) is 8.17.